The van der Waals surface area contributed by atoms with Crippen LogP contribution in [0.15, 0.2) is 0 Å². The largest absolute Gasteiger partial charge is 4.00 e. The Morgan fingerprint density at radius 3 is 0.300 bits per heavy atom. The summed E-state index contributed by atoms with van der Waals surface area (Å²) in [5.41, 5.74) is 0. The Morgan fingerprint density at radius 2 is 0.300 bits per heavy atom. The molecule has 10 heteroatoms. The predicted octanol–water partition coefficient (Wildman–Crippen LogP) is -6.01. The number of rotatable bonds is 0. The third-order valence-electron chi connectivity index (χ3n) is 0. The quantitative estimate of drug-likeness (QED) is 0.367. The van der Waals surface area contributed by atoms with Gasteiger partial charge in [0.1, 0.15) is 0 Å². The Labute approximate surface area is 69.6 Å². The molecule has 0 spiro atoms. The van der Waals surface area contributed by atoms with Crippen LogP contribution in [0.3, 0.4) is 0 Å². The van der Waals surface area contributed by atoms with Crippen molar-refractivity contribution in [3.05, 3.63) is 0 Å². The van der Waals surface area contributed by atoms with Gasteiger partial charge in [-0.3, -0.25) is 0 Å². The fraction of sp³-hybridized carbons (Fsp3) is 0. The van der Waals surface area contributed by atoms with E-state index in [-0.39, 0.29) is 68.8 Å². The molecule has 0 fully saturated rings. The topological polar surface area (TPSA) is 278 Å². The van der Waals surface area contributed by atoms with Crippen molar-refractivity contribution in [2.45, 2.75) is 0 Å². The molecule has 0 unspecified atom stereocenters. The second kappa shape index (κ2) is 9120. The molecule has 0 radical (unpaired) electrons. The van der Waals surface area contributed by atoms with Crippen LogP contribution in [-0.4, -0.2) is 38.3 Å². The first-order valence-corrected chi connectivity index (χ1v) is 0. The van der Waals surface area contributed by atoms with E-state index in [4.69, 9.17) is 0 Å². The minimum absolute atomic E-state index is 0. The Hall–Kier alpha value is 0.263. The van der Waals surface area contributed by atoms with Crippen LogP contribution in [0.4, 0.5) is 0 Å². The van der Waals surface area contributed by atoms with Crippen molar-refractivity contribution < 1.29 is 68.8 Å². The van der Waals surface area contributed by atoms with Crippen molar-refractivity contribution in [1.29, 1.82) is 0 Å². The van der Waals surface area contributed by atoms with Crippen LogP contribution in [0.5, 0.6) is 0 Å². The second-order valence-corrected chi connectivity index (χ2v) is 0. The number of hydrogen-bond acceptors (Lipinski definition) is 0. The average Bonchev–Trinajstić information content (AvgIpc) is 0. The Morgan fingerprint density at radius 1 is 0.300 bits per heavy atom. The van der Waals surface area contributed by atoms with E-state index in [0.717, 1.165) is 0 Å². The van der Waals surface area contributed by atoms with Crippen LogP contribution >= 0.6 is 0 Å². The van der Waals surface area contributed by atoms with Crippen molar-refractivity contribution in [2.75, 3.05) is 0 Å². The van der Waals surface area contributed by atoms with Crippen molar-refractivity contribution in [3.8, 4) is 0 Å². The molecule has 0 aromatic rings. The molecule has 0 aliphatic rings. The molecule has 0 aromatic carbocycles. The van der Waals surface area contributed by atoms with Crippen molar-refractivity contribution >= 4 is 0 Å². The first-order chi connectivity index (χ1) is 0. The SMILES string of the molecule is O.O.O.O.O.O.O.[O-2].[O-2].[Ru+4]. The van der Waals surface area contributed by atoms with Gasteiger partial charge in [0, 0.05) is 0 Å². The summed E-state index contributed by atoms with van der Waals surface area (Å²) in [6.07, 6.45) is 0. The minimum atomic E-state index is 0. The van der Waals surface area contributed by atoms with Crippen LogP contribution < -0.4 is 0 Å². The second-order valence-electron chi connectivity index (χ2n) is 0. The molecule has 0 bridgehead atoms. The van der Waals surface area contributed by atoms with E-state index in [1.54, 1.807) is 0 Å². The summed E-state index contributed by atoms with van der Waals surface area (Å²) in [5, 5.41) is 0. The molecule has 0 saturated carbocycles. The van der Waals surface area contributed by atoms with Gasteiger partial charge in [-0.15, -0.1) is 0 Å². The Balaban J connectivity index is 0. The fourth-order valence-corrected chi connectivity index (χ4v) is 0. The van der Waals surface area contributed by atoms with Crippen LogP contribution in [0.25, 0.3) is 0 Å². The molecular weight excluding hydrogens is 245 g/mol. The molecule has 0 aliphatic carbocycles. The van der Waals surface area contributed by atoms with Gasteiger partial charge in [0.15, 0.2) is 0 Å². The fourth-order valence-electron chi connectivity index (χ4n) is 0. The van der Waals surface area contributed by atoms with Crippen LogP contribution in [-0.2, 0) is 30.4 Å². The average molecular weight is 259 g/mol. The Bertz CT molecular complexity index is 4.69. The van der Waals surface area contributed by atoms with Gasteiger partial charge in [-0.2, -0.15) is 0 Å². The maximum Gasteiger partial charge on any atom is 4.00 e. The first-order valence-electron chi connectivity index (χ1n) is 0. The minimum Gasteiger partial charge on any atom is -2.00 e. The van der Waals surface area contributed by atoms with Gasteiger partial charge in [0.05, 0.1) is 0 Å². The third-order valence-corrected chi connectivity index (χ3v) is 0. The van der Waals surface area contributed by atoms with Gasteiger partial charge in [0.25, 0.3) is 0 Å². The molecule has 0 heterocycles. The van der Waals surface area contributed by atoms with Crippen LogP contribution in [0.1, 0.15) is 0 Å². The number of hydrogen-bond donors (Lipinski definition) is 0. The molecule has 0 amide bonds. The zero-order chi connectivity index (χ0) is 0. The van der Waals surface area contributed by atoms with E-state index in [2.05, 4.69) is 0 Å². The molecule has 0 aromatic heterocycles. The predicted molar refractivity (Wildman–Crippen MR) is 26.7 cm³/mol. The van der Waals surface area contributed by atoms with E-state index in [9.17, 15) is 0 Å². The van der Waals surface area contributed by atoms with Crippen LogP contribution in [0.2, 0.25) is 0 Å². The smallest absolute Gasteiger partial charge is 2.00 e. The van der Waals surface area contributed by atoms with E-state index in [1.807, 2.05) is 0 Å². The van der Waals surface area contributed by atoms with Gasteiger partial charge in [-0.05, 0) is 0 Å². The maximum atomic E-state index is 0. The van der Waals surface area contributed by atoms with Crippen molar-refractivity contribution in [2.24, 2.45) is 0 Å². The molecule has 10 heavy (non-hydrogen) atoms. The molecule has 0 aliphatic heterocycles. The zero-order valence-electron chi connectivity index (χ0n) is 4.67. The summed E-state index contributed by atoms with van der Waals surface area (Å²) in [5.74, 6) is 0. The van der Waals surface area contributed by atoms with Gasteiger partial charge in [0.2, 0.25) is 0 Å². The molecule has 9 nitrogen and oxygen atoms in total. The zero-order valence-corrected chi connectivity index (χ0v) is 6.41. The van der Waals surface area contributed by atoms with E-state index < -0.39 is 0 Å². The summed E-state index contributed by atoms with van der Waals surface area (Å²) < 4.78 is 0. The van der Waals surface area contributed by atoms with E-state index >= 15 is 0 Å². The molecular formula is H14O9Ru. The summed E-state index contributed by atoms with van der Waals surface area (Å²) >= 11 is 0. The maximum absolute atomic E-state index is 0. The van der Waals surface area contributed by atoms with Gasteiger partial charge < -0.3 is 49.3 Å². The van der Waals surface area contributed by atoms with E-state index in [0.29, 0.717) is 0 Å². The van der Waals surface area contributed by atoms with Crippen LogP contribution in [0, 0.1) is 0 Å². The summed E-state index contributed by atoms with van der Waals surface area (Å²) in [4.78, 5) is 0. The van der Waals surface area contributed by atoms with Gasteiger partial charge in [-0.25, -0.2) is 0 Å². The molecule has 14 N–H and O–H groups in total. The molecule has 0 rings (SSSR count). The monoisotopic (exact) mass is 260 g/mol. The van der Waals surface area contributed by atoms with Gasteiger partial charge in [-0.1, -0.05) is 0 Å². The standard InChI is InChI=1S/7H2O.2O.Ru/h7*1H2;;;/q;;;;;;;2*-2;+4. The summed E-state index contributed by atoms with van der Waals surface area (Å²) in [7, 11) is 0. The Kier molecular flexibility index (Phi) is 11600000. The molecule has 76 valence electrons. The normalized spacial score (nSPS) is 0. The third kappa shape index (κ3) is 6280. The summed E-state index contributed by atoms with van der Waals surface area (Å²) in [6.45, 7) is 0. The van der Waals surface area contributed by atoms with Crippen molar-refractivity contribution in [1.82, 2.24) is 0 Å². The van der Waals surface area contributed by atoms with E-state index in [1.165, 1.54) is 0 Å². The summed E-state index contributed by atoms with van der Waals surface area (Å²) in [6, 6.07) is 0. The molecule has 0 saturated heterocycles. The first kappa shape index (κ1) is 12700. The van der Waals surface area contributed by atoms with Gasteiger partial charge >= 0.3 is 19.5 Å². The molecule has 0 atom stereocenters. The van der Waals surface area contributed by atoms with Crippen molar-refractivity contribution in [3.63, 3.8) is 0 Å².